The van der Waals surface area contributed by atoms with Crippen molar-refractivity contribution in [2.24, 2.45) is 0 Å². The molecule has 24 heavy (non-hydrogen) atoms. The highest BCUT2D eigenvalue weighted by molar-refractivity contribution is 5.76. The van der Waals surface area contributed by atoms with Crippen molar-refractivity contribution < 1.29 is 18.8 Å². The molecular formula is C17H23N3O4. The van der Waals surface area contributed by atoms with E-state index < -0.39 is 5.60 Å². The van der Waals surface area contributed by atoms with Gasteiger partial charge in [0.05, 0.1) is 11.9 Å². The summed E-state index contributed by atoms with van der Waals surface area (Å²) in [6.07, 6.45) is 8.00. The van der Waals surface area contributed by atoms with E-state index in [1.165, 1.54) is 6.26 Å². The van der Waals surface area contributed by atoms with Crippen LogP contribution in [0.1, 0.15) is 50.8 Å². The highest BCUT2D eigenvalue weighted by Gasteiger charge is 2.28. The minimum absolute atomic E-state index is 0.120. The number of rotatable bonds is 6. The van der Waals surface area contributed by atoms with Gasteiger partial charge in [0.2, 0.25) is 17.6 Å². The summed E-state index contributed by atoms with van der Waals surface area (Å²) >= 11 is 0. The summed E-state index contributed by atoms with van der Waals surface area (Å²) in [5.41, 5.74) is -0.761. The molecule has 1 saturated carbocycles. The number of aromatic nitrogens is 2. The normalized spacial score (nSPS) is 17.4. The van der Waals surface area contributed by atoms with Gasteiger partial charge in [0.1, 0.15) is 0 Å². The molecule has 0 atom stereocenters. The number of nitrogens with zero attached hydrogens (tertiary/aromatic N) is 2. The molecule has 1 aliphatic rings. The maximum atomic E-state index is 12.0. The Hall–Kier alpha value is -2.15. The predicted octanol–water partition coefficient (Wildman–Crippen LogP) is 2.46. The Labute approximate surface area is 140 Å². The zero-order valence-corrected chi connectivity index (χ0v) is 13.7. The molecule has 2 heterocycles. The Morgan fingerprint density at radius 2 is 2.08 bits per heavy atom. The molecule has 0 bridgehead atoms. The summed E-state index contributed by atoms with van der Waals surface area (Å²) in [5, 5.41) is 17.2. The molecule has 0 saturated heterocycles. The van der Waals surface area contributed by atoms with Crippen LogP contribution in [0.3, 0.4) is 0 Å². The van der Waals surface area contributed by atoms with Crippen LogP contribution >= 0.6 is 0 Å². The number of aryl methyl sites for hydroxylation is 1. The summed E-state index contributed by atoms with van der Waals surface area (Å²) < 4.78 is 10.3. The summed E-state index contributed by atoms with van der Waals surface area (Å²) in [5.74, 6) is 1.18. The third kappa shape index (κ3) is 4.44. The fourth-order valence-corrected chi connectivity index (χ4v) is 3.00. The van der Waals surface area contributed by atoms with E-state index >= 15 is 0 Å². The minimum Gasteiger partial charge on any atom is -0.461 e. The molecular weight excluding hydrogens is 310 g/mol. The van der Waals surface area contributed by atoms with E-state index in [0.29, 0.717) is 30.4 Å². The Bertz CT molecular complexity index is 643. The lowest BCUT2D eigenvalue weighted by atomic mass is 9.94. The van der Waals surface area contributed by atoms with Crippen LogP contribution in [0.4, 0.5) is 0 Å². The van der Waals surface area contributed by atoms with Gasteiger partial charge < -0.3 is 19.4 Å². The number of carbonyl (C=O) groups is 1. The molecule has 0 spiro atoms. The Morgan fingerprint density at radius 3 is 2.79 bits per heavy atom. The maximum Gasteiger partial charge on any atom is 0.238 e. The zero-order chi connectivity index (χ0) is 16.8. The second-order valence-electron chi connectivity index (χ2n) is 6.40. The van der Waals surface area contributed by atoms with Crippen molar-refractivity contribution in [1.82, 2.24) is 15.5 Å². The van der Waals surface area contributed by atoms with Gasteiger partial charge in [-0.1, -0.05) is 30.8 Å². The first kappa shape index (κ1) is 16.7. The zero-order valence-electron chi connectivity index (χ0n) is 13.7. The molecule has 0 radical (unpaired) electrons. The summed E-state index contributed by atoms with van der Waals surface area (Å²) in [6.45, 7) is 0.313. The molecule has 2 aromatic heterocycles. The van der Waals surface area contributed by atoms with Crippen molar-refractivity contribution in [3.8, 4) is 11.6 Å². The molecule has 130 valence electrons. The monoisotopic (exact) mass is 333 g/mol. The van der Waals surface area contributed by atoms with Gasteiger partial charge >= 0.3 is 0 Å². The second-order valence-corrected chi connectivity index (χ2v) is 6.40. The van der Waals surface area contributed by atoms with Crippen molar-refractivity contribution >= 4 is 5.91 Å². The summed E-state index contributed by atoms with van der Waals surface area (Å²) in [6, 6.07) is 3.49. The van der Waals surface area contributed by atoms with E-state index in [9.17, 15) is 9.90 Å². The first-order chi connectivity index (χ1) is 11.6. The van der Waals surface area contributed by atoms with E-state index in [1.54, 1.807) is 12.1 Å². The Morgan fingerprint density at radius 1 is 1.29 bits per heavy atom. The number of aliphatic hydroxyl groups is 1. The molecule has 2 aromatic rings. The van der Waals surface area contributed by atoms with Crippen LogP contribution in [0.15, 0.2) is 27.3 Å². The van der Waals surface area contributed by atoms with Gasteiger partial charge in [0.25, 0.3) is 0 Å². The fourth-order valence-electron chi connectivity index (χ4n) is 3.00. The fraction of sp³-hybridized carbons (Fsp3) is 0.588. The third-order valence-corrected chi connectivity index (χ3v) is 4.42. The molecule has 0 aliphatic heterocycles. The smallest absolute Gasteiger partial charge is 0.238 e. The van der Waals surface area contributed by atoms with E-state index in [4.69, 9.17) is 8.94 Å². The van der Waals surface area contributed by atoms with Gasteiger partial charge in [0, 0.05) is 19.4 Å². The SMILES string of the molecule is O=C(CCc1nc(-c2ccco2)no1)NCC1(O)CCCCCC1. The quantitative estimate of drug-likeness (QED) is 0.788. The molecule has 0 aromatic carbocycles. The van der Waals surface area contributed by atoms with Gasteiger partial charge in [0.15, 0.2) is 5.76 Å². The molecule has 3 rings (SSSR count). The van der Waals surface area contributed by atoms with Gasteiger partial charge in [-0.3, -0.25) is 4.79 Å². The van der Waals surface area contributed by atoms with Crippen molar-refractivity contribution in [1.29, 1.82) is 0 Å². The molecule has 0 unspecified atom stereocenters. The first-order valence-electron chi connectivity index (χ1n) is 8.50. The van der Waals surface area contributed by atoms with E-state index in [-0.39, 0.29) is 12.3 Å². The van der Waals surface area contributed by atoms with Crippen molar-refractivity contribution in [3.05, 3.63) is 24.3 Å². The number of amides is 1. The predicted molar refractivity (Wildman–Crippen MR) is 86.0 cm³/mol. The number of hydrogen-bond acceptors (Lipinski definition) is 6. The maximum absolute atomic E-state index is 12.0. The van der Waals surface area contributed by atoms with Crippen LogP contribution in [-0.4, -0.2) is 33.3 Å². The van der Waals surface area contributed by atoms with Crippen LogP contribution in [-0.2, 0) is 11.2 Å². The molecule has 7 heteroatoms. The number of carbonyl (C=O) groups excluding carboxylic acids is 1. The number of hydrogen-bond donors (Lipinski definition) is 2. The van der Waals surface area contributed by atoms with Crippen molar-refractivity contribution in [2.75, 3.05) is 6.54 Å². The van der Waals surface area contributed by atoms with Gasteiger partial charge in [-0.15, -0.1) is 0 Å². The molecule has 1 aliphatic carbocycles. The largest absolute Gasteiger partial charge is 0.461 e. The Kier molecular flexibility index (Phi) is 5.30. The van der Waals surface area contributed by atoms with Crippen LogP contribution in [0.5, 0.6) is 0 Å². The first-order valence-corrected chi connectivity index (χ1v) is 8.50. The second kappa shape index (κ2) is 7.61. The van der Waals surface area contributed by atoms with E-state index in [0.717, 1.165) is 38.5 Å². The van der Waals surface area contributed by atoms with Crippen LogP contribution < -0.4 is 5.32 Å². The Balaban J connectivity index is 1.44. The lowest BCUT2D eigenvalue weighted by Gasteiger charge is -2.26. The van der Waals surface area contributed by atoms with Crippen molar-refractivity contribution in [2.45, 2.75) is 57.0 Å². The average molecular weight is 333 g/mol. The van der Waals surface area contributed by atoms with E-state index in [1.807, 2.05) is 0 Å². The number of nitrogens with one attached hydrogen (secondary N) is 1. The minimum atomic E-state index is -0.761. The number of furan rings is 1. The topological polar surface area (TPSA) is 101 Å². The molecule has 1 amide bonds. The molecule has 2 N–H and O–H groups in total. The molecule has 1 fully saturated rings. The average Bonchev–Trinajstić information content (AvgIpc) is 3.21. The van der Waals surface area contributed by atoms with Crippen LogP contribution in [0.25, 0.3) is 11.6 Å². The lowest BCUT2D eigenvalue weighted by Crippen LogP contribution is -2.42. The molecule has 7 nitrogen and oxygen atoms in total. The highest BCUT2D eigenvalue weighted by atomic mass is 16.5. The van der Waals surface area contributed by atoms with Crippen LogP contribution in [0, 0.1) is 0 Å². The van der Waals surface area contributed by atoms with E-state index in [2.05, 4.69) is 15.5 Å². The van der Waals surface area contributed by atoms with Gasteiger partial charge in [-0.2, -0.15) is 4.98 Å². The highest BCUT2D eigenvalue weighted by Crippen LogP contribution is 2.26. The van der Waals surface area contributed by atoms with Gasteiger partial charge in [-0.05, 0) is 25.0 Å². The standard InChI is InChI=1S/C17H23N3O4/c21-14(18-12-17(22)9-3-1-2-4-10-17)7-8-15-19-16(20-24-15)13-6-5-11-23-13/h5-6,11,22H,1-4,7-10,12H2,(H,18,21). The van der Waals surface area contributed by atoms with Crippen molar-refractivity contribution in [3.63, 3.8) is 0 Å². The summed E-state index contributed by atoms with van der Waals surface area (Å²) in [4.78, 5) is 16.2. The third-order valence-electron chi connectivity index (χ3n) is 4.42. The lowest BCUT2D eigenvalue weighted by molar-refractivity contribution is -0.122. The van der Waals surface area contributed by atoms with Crippen LogP contribution in [0.2, 0.25) is 0 Å². The van der Waals surface area contributed by atoms with Gasteiger partial charge in [-0.25, -0.2) is 0 Å². The summed E-state index contributed by atoms with van der Waals surface area (Å²) in [7, 11) is 0.